The van der Waals surface area contributed by atoms with Crippen molar-refractivity contribution in [2.75, 3.05) is 13.1 Å². The van der Waals surface area contributed by atoms with Crippen LogP contribution in [0.15, 0.2) is 24.3 Å². The summed E-state index contributed by atoms with van der Waals surface area (Å²) in [6.45, 7) is 8.61. The molecule has 2 fully saturated rings. The maximum absolute atomic E-state index is 13.0. The van der Waals surface area contributed by atoms with Gasteiger partial charge in [0.25, 0.3) is 0 Å². The van der Waals surface area contributed by atoms with Gasteiger partial charge < -0.3 is 15.0 Å². The second-order valence-corrected chi connectivity index (χ2v) is 10.5. The van der Waals surface area contributed by atoms with Crippen LogP contribution >= 0.6 is 0 Å². The number of nitrogens with zero attached hydrogens (tertiary/aromatic N) is 3. The number of para-hydroxylation sites is 1. The maximum Gasteiger partial charge on any atom is 0.410 e. The zero-order valence-electron chi connectivity index (χ0n) is 19.4. The molecule has 2 heterocycles. The Bertz CT molecular complexity index is 1070. The van der Waals surface area contributed by atoms with Crippen molar-refractivity contribution in [3.63, 3.8) is 0 Å². The predicted octanol–water partition coefficient (Wildman–Crippen LogP) is 4.06. The molecule has 1 aliphatic heterocycles. The lowest BCUT2D eigenvalue weighted by Crippen LogP contribution is -2.44. The normalized spacial score (nSPS) is 22.9. The van der Waals surface area contributed by atoms with E-state index in [1.807, 2.05) is 0 Å². The van der Waals surface area contributed by atoms with E-state index in [2.05, 4.69) is 10.4 Å². The first kappa shape index (κ1) is 23.4. The van der Waals surface area contributed by atoms with E-state index in [1.165, 1.54) is 0 Å². The summed E-state index contributed by atoms with van der Waals surface area (Å²) in [4.78, 5) is 26.9. The highest BCUT2D eigenvalue weighted by Gasteiger charge is 2.61. The van der Waals surface area contributed by atoms with Crippen molar-refractivity contribution in [1.82, 2.24) is 20.0 Å². The van der Waals surface area contributed by atoms with Crippen LogP contribution < -0.4 is 5.32 Å². The summed E-state index contributed by atoms with van der Waals surface area (Å²) in [5.41, 5.74) is -0.807. The van der Waals surface area contributed by atoms with Gasteiger partial charge in [-0.25, -0.2) is 4.79 Å². The molecule has 1 aliphatic carbocycles. The Morgan fingerprint density at radius 1 is 1.09 bits per heavy atom. The van der Waals surface area contributed by atoms with E-state index in [-0.39, 0.29) is 29.8 Å². The number of hydrogen-bond donors (Lipinski definition) is 1. The molecule has 1 saturated carbocycles. The van der Waals surface area contributed by atoms with Crippen LogP contribution in [0.1, 0.15) is 40.3 Å². The molecule has 1 N–H and O–H groups in total. The van der Waals surface area contributed by atoms with Crippen LogP contribution in [0, 0.1) is 17.8 Å². The van der Waals surface area contributed by atoms with Crippen molar-refractivity contribution in [2.24, 2.45) is 17.8 Å². The van der Waals surface area contributed by atoms with Crippen molar-refractivity contribution in [1.29, 1.82) is 0 Å². The summed E-state index contributed by atoms with van der Waals surface area (Å²) in [5.74, 6) is -0.277. The summed E-state index contributed by atoms with van der Waals surface area (Å²) in [6.07, 6.45) is -4.79. The highest BCUT2D eigenvalue weighted by atomic mass is 19.4. The number of rotatable bonds is 4. The molecule has 0 radical (unpaired) electrons. The van der Waals surface area contributed by atoms with E-state index >= 15 is 0 Å². The highest BCUT2D eigenvalue weighted by molar-refractivity contribution is 5.87. The number of amides is 2. The minimum atomic E-state index is -4.41. The van der Waals surface area contributed by atoms with Gasteiger partial charge in [-0.1, -0.05) is 18.2 Å². The molecule has 4 rings (SSSR count). The Morgan fingerprint density at radius 2 is 1.70 bits per heavy atom. The Morgan fingerprint density at radius 3 is 2.27 bits per heavy atom. The first-order chi connectivity index (χ1) is 15.2. The summed E-state index contributed by atoms with van der Waals surface area (Å²) >= 11 is 0. The maximum atomic E-state index is 13.0. The largest absolute Gasteiger partial charge is 0.444 e. The molecule has 0 spiro atoms. The number of carbonyl (C=O) groups is 2. The minimum Gasteiger partial charge on any atom is -0.444 e. The van der Waals surface area contributed by atoms with Crippen LogP contribution in [0.4, 0.5) is 18.0 Å². The van der Waals surface area contributed by atoms with Crippen molar-refractivity contribution in [2.45, 2.75) is 58.5 Å². The number of nitrogens with one attached hydrogen (secondary N) is 1. The quantitative estimate of drug-likeness (QED) is 0.737. The third kappa shape index (κ3) is 4.79. The van der Waals surface area contributed by atoms with Crippen molar-refractivity contribution < 1.29 is 27.5 Å². The summed E-state index contributed by atoms with van der Waals surface area (Å²) in [5, 5.41) is 7.78. The number of benzene rings is 1. The lowest BCUT2D eigenvalue weighted by atomic mass is 9.96. The van der Waals surface area contributed by atoms with Gasteiger partial charge in [0.2, 0.25) is 5.91 Å². The number of hydrogen-bond acceptors (Lipinski definition) is 4. The van der Waals surface area contributed by atoms with Gasteiger partial charge in [0, 0.05) is 24.4 Å². The van der Waals surface area contributed by atoms with Gasteiger partial charge in [0.05, 0.1) is 16.7 Å². The van der Waals surface area contributed by atoms with Crippen LogP contribution in [-0.2, 0) is 21.6 Å². The van der Waals surface area contributed by atoms with Gasteiger partial charge in [0.1, 0.15) is 12.1 Å². The van der Waals surface area contributed by atoms with E-state index in [9.17, 15) is 22.8 Å². The predicted molar refractivity (Wildman–Crippen MR) is 115 cm³/mol. The number of ether oxygens (including phenoxy) is 1. The van der Waals surface area contributed by atoms with Crippen LogP contribution in [0.5, 0.6) is 0 Å². The molecular formula is C23H29F3N4O3. The Labute approximate surface area is 190 Å². The van der Waals surface area contributed by atoms with E-state index in [0.29, 0.717) is 29.7 Å². The summed E-state index contributed by atoms with van der Waals surface area (Å²) in [6, 6.07) is 6.70. The van der Waals surface area contributed by atoms with Crippen molar-refractivity contribution >= 4 is 22.9 Å². The van der Waals surface area contributed by atoms with Crippen LogP contribution in [0.25, 0.3) is 10.9 Å². The zero-order valence-corrected chi connectivity index (χ0v) is 19.4. The fourth-order valence-electron chi connectivity index (χ4n) is 4.72. The molecule has 7 nitrogen and oxygen atoms in total. The van der Waals surface area contributed by atoms with Crippen molar-refractivity contribution in [3.8, 4) is 0 Å². The van der Waals surface area contributed by atoms with E-state index in [0.717, 1.165) is 4.68 Å². The van der Waals surface area contributed by atoms with Gasteiger partial charge in [-0.15, -0.1) is 0 Å². The number of alkyl halides is 3. The van der Waals surface area contributed by atoms with Gasteiger partial charge in [0.15, 0.2) is 0 Å². The average molecular weight is 467 g/mol. The fraction of sp³-hybridized carbons (Fsp3) is 0.609. The SMILES string of the molecule is CC(C)(C)OC(=O)N1C[C@@H]2C(C(=O)NC(C)(C)c3nn(CC(F)(F)F)c4ccccc34)[C@@H]2C1. The number of fused-ring (bicyclic) bond motifs is 2. The van der Waals surface area contributed by atoms with Gasteiger partial charge in [-0.2, -0.15) is 18.3 Å². The second-order valence-electron chi connectivity index (χ2n) is 10.5. The second kappa shape index (κ2) is 7.63. The number of aromatic nitrogens is 2. The smallest absolute Gasteiger partial charge is 0.410 e. The minimum absolute atomic E-state index is 0.0628. The molecule has 1 aromatic heterocycles. The Kier molecular flexibility index (Phi) is 5.41. The molecule has 10 heteroatoms. The van der Waals surface area contributed by atoms with Crippen LogP contribution in [0.2, 0.25) is 0 Å². The lowest BCUT2D eigenvalue weighted by Gasteiger charge is -2.27. The zero-order chi connectivity index (χ0) is 24.3. The number of carbonyl (C=O) groups excluding carboxylic acids is 2. The Hall–Kier alpha value is -2.78. The van der Waals surface area contributed by atoms with Gasteiger partial charge in [-0.3, -0.25) is 9.48 Å². The van der Waals surface area contributed by atoms with E-state index < -0.39 is 23.9 Å². The fourth-order valence-corrected chi connectivity index (χ4v) is 4.72. The molecule has 1 aromatic carbocycles. The number of likely N-dealkylation sites (tertiary alicyclic amines) is 1. The van der Waals surface area contributed by atoms with Gasteiger partial charge in [-0.05, 0) is 52.5 Å². The average Bonchev–Trinajstić information content (AvgIpc) is 2.99. The summed E-state index contributed by atoms with van der Waals surface area (Å²) in [7, 11) is 0. The number of piperidine rings is 1. The standard InChI is InChI=1S/C23H29F3N4O3/c1-21(2,3)33-20(32)29-10-14-15(11-29)17(14)19(31)27-22(4,5)18-13-8-6-7-9-16(13)30(28-18)12-23(24,25)26/h6-9,14-15,17H,10-12H2,1-5H3,(H,27,31)/t14-,15+,17?. The molecule has 180 valence electrons. The highest BCUT2D eigenvalue weighted by Crippen LogP contribution is 2.52. The summed E-state index contributed by atoms with van der Waals surface area (Å²) < 4.78 is 45.5. The van der Waals surface area contributed by atoms with E-state index in [4.69, 9.17) is 4.74 Å². The Balaban J connectivity index is 1.45. The lowest BCUT2D eigenvalue weighted by molar-refractivity contribution is -0.142. The van der Waals surface area contributed by atoms with Crippen molar-refractivity contribution in [3.05, 3.63) is 30.0 Å². The third-order valence-electron chi connectivity index (χ3n) is 6.16. The third-order valence-corrected chi connectivity index (χ3v) is 6.16. The molecule has 2 aromatic rings. The molecule has 3 atom stereocenters. The van der Waals surface area contributed by atoms with Gasteiger partial charge >= 0.3 is 12.3 Å². The molecule has 1 saturated heterocycles. The molecule has 1 unspecified atom stereocenters. The molecule has 33 heavy (non-hydrogen) atoms. The number of halogens is 3. The van der Waals surface area contributed by atoms with E-state index in [1.54, 1.807) is 63.8 Å². The topological polar surface area (TPSA) is 76.5 Å². The molecule has 2 aliphatic rings. The monoisotopic (exact) mass is 466 g/mol. The first-order valence-corrected chi connectivity index (χ1v) is 11.0. The molecule has 0 bridgehead atoms. The molecular weight excluding hydrogens is 437 g/mol. The molecule has 2 amide bonds. The van der Waals surface area contributed by atoms with Crippen LogP contribution in [0.3, 0.4) is 0 Å². The van der Waals surface area contributed by atoms with Crippen LogP contribution in [-0.4, -0.2) is 51.5 Å². The first-order valence-electron chi connectivity index (χ1n) is 11.0.